The quantitative estimate of drug-likeness (QED) is 0.655. The van der Waals surface area contributed by atoms with E-state index in [1.165, 1.54) is 6.92 Å². The molecule has 1 saturated carbocycles. The van der Waals surface area contributed by atoms with E-state index in [1.54, 1.807) is 17.8 Å². The van der Waals surface area contributed by atoms with E-state index in [4.69, 9.17) is 0 Å². The van der Waals surface area contributed by atoms with E-state index in [1.807, 2.05) is 6.07 Å². The minimum atomic E-state index is -4.70. The van der Waals surface area contributed by atoms with Crippen molar-refractivity contribution in [3.63, 3.8) is 0 Å². The average molecular weight is 410 g/mol. The molecule has 6 nitrogen and oxygen atoms in total. The van der Waals surface area contributed by atoms with Crippen molar-refractivity contribution in [1.29, 1.82) is 0 Å². The first-order chi connectivity index (χ1) is 13.1. The fourth-order valence-corrected chi connectivity index (χ4v) is 4.13. The number of hydrogen-bond donors (Lipinski definition) is 0. The minimum Gasteiger partial charge on any atom is -0.324 e. The van der Waals surface area contributed by atoms with Crippen LogP contribution in [0.1, 0.15) is 36.9 Å². The highest BCUT2D eigenvalue weighted by molar-refractivity contribution is 7.91. The zero-order chi connectivity index (χ0) is 20.3. The van der Waals surface area contributed by atoms with Crippen LogP contribution in [0.5, 0.6) is 0 Å². The van der Waals surface area contributed by atoms with Crippen molar-refractivity contribution in [2.24, 2.45) is 7.05 Å². The molecule has 3 aromatic heterocycles. The Morgan fingerprint density at radius 3 is 2.50 bits per heavy atom. The van der Waals surface area contributed by atoms with Crippen LogP contribution in [0.4, 0.5) is 13.2 Å². The highest BCUT2D eigenvalue weighted by Gasteiger charge is 2.34. The Hall–Kier alpha value is -2.49. The second-order valence-corrected chi connectivity index (χ2v) is 9.09. The van der Waals surface area contributed by atoms with Gasteiger partial charge < -0.3 is 4.57 Å². The van der Waals surface area contributed by atoms with Crippen molar-refractivity contribution in [3.8, 4) is 11.5 Å². The number of aryl methyl sites for hydroxylation is 1. The molecule has 0 amide bonds. The molecular weight excluding hydrogens is 393 g/mol. The van der Waals surface area contributed by atoms with Gasteiger partial charge in [-0.05, 0) is 25.0 Å². The second kappa shape index (κ2) is 6.26. The third-order valence-electron chi connectivity index (χ3n) is 4.89. The highest BCUT2D eigenvalue weighted by Crippen LogP contribution is 2.40. The summed E-state index contributed by atoms with van der Waals surface area (Å²) < 4.78 is 65.9. The average Bonchev–Trinajstić information content (AvgIpc) is 3.45. The lowest BCUT2D eigenvalue weighted by molar-refractivity contribution is -0.138. The number of alkyl halides is 3. The largest absolute Gasteiger partial charge is 0.417 e. The number of sulfone groups is 1. The van der Waals surface area contributed by atoms with Gasteiger partial charge in [-0.3, -0.25) is 9.97 Å². The molecule has 0 radical (unpaired) electrons. The zero-order valence-corrected chi connectivity index (χ0v) is 16.0. The number of aromatic nitrogens is 4. The summed E-state index contributed by atoms with van der Waals surface area (Å²) in [4.78, 5) is 12.3. The number of halogens is 3. The van der Waals surface area contributed by atoms with Gasteiger partial charge in [0.1, 0.15) is 5.69 Å². The fraction of sp³-hybridized carbons (Fsp3) is 0.389. The van der Waals surface area contributed by atoms with E-state index >= 15 is 0 Å². The van der Waals surface area contributed by atoms with Gasteiger partial charge in [0.15, 0.2) is 15.7 Å². The molecule has 28 heavy (non-hydrogen) atoms. The normalized spacial score (nSPS) is 15.3. The molecule has 0 aromatic carbocycles. The first kappa shape index (κ1) is 18.9. The smallest absolute Gasteiger partial charge is 0.324 e. The van der Waals surface area contributed by atoms with E-state index in [0.717, 1.165) is 18.5 Å². The molecule has 4 rings (SSSR count). The van der Waals surface area contributed by atoms with E-state index in [-0.39, 0.29) is 17.3 Å². The molecule has 1 fully saturated rings. The Kier molecular flexibility index (Phi) is 4.22. The number of hydrogen-bond acceptors (Lipinski definition) is 5. The lowest BCUT2D eigenvalue weighted by Gasteiger charge is -2.12. The van der Waals surface area contributed by atoms with Gasteiger partial charge in [-0.15, -0.1) is 0 Å². The Bertz CT molecular complexity index is 1180. The van der Waals surface area contributed by atoms with Crippen molar-refractivity contribution in [2.45, 2.75) is 36.8 Å². The van der Waals surface area contributed by atoms with Gasteiger partial charge in [-0.25, -0.2) is 13.4 Å². The van der Waals surface area contributed by atoms with Crippen LogP contribution < -0.4 is 0 Å². The standard InChI is InChI=1S/C18H17F3N4O2S/c1-3-28(26,27)15-6-11(18(19,20)21)8-23-16(15)17-24-13-7-12(10-4-5-10)22-9-14(13)25(17)2/h6-10H,3-5H2,1-2H3. The van der Waals surface area contributed by atoms with E-state index < -0.39 is 26.5 Å². The zero-order valence-electron chi connectivity index (χ0n) is 15.2. The van der Waals surface area contributed by atoms with Crippen molar-refractivity contribution >= 4 is 20.9 Å². The van der Waals surface area contributed by atoms with E-state index in [0.29, 0.717) is 29.2 Å². The van der Waals surface area contributed by atoms with E-state index in [2.05, 4.69) is 15.0 Å². The summed E-state index contributed by atoms with van der Waals surface area (Å²) in [5, 5.41) is 0. The van der Waals surface area contributed by atoms with Gasteiger partial charge in [0.25, 0.3) is 0 Å². The van der Waals surface area contributed by atoms with Crippen molar-refractivity contribution in [2.75, 3.05) is 5.75 Å². The molecule has 0 saturated heterocycles. The van der Waals surface area contributed by atoms with Crippen LogP contribution >= 0.6 is 0 Å². The summed E-state index contributed by atoms with van der Waals surface area (Å²) in [6.45, 7) is 1.38. The van der Waals surface area contributed by atoms with Gasteiger partial charge in [0.05, 0.1) is 33.4 Å². The van der Waals surface area contributed by atoms with Crippen molar-refractivity contribution < 1.29 is 21.6 Å². The maximum atomic E-state index is 13.1. The summed E-state index contributed by atoms with van der Waals surface area (Å²) in [6.07, 6.45) is -0.275. The van der Waals surface area contributed by atoms with Crippen LogP contribution in [0.2, 0.25) is 0 Å². The molecule has 3 aromatic rings. The number of fused-ring (bicyclic) bond motifs is 1. The van der Waals surface area contributed by atoms with Gasteiger partial charge in [0.2, 0.25) is 0 Å². The number of nitrogens with zero attached hydrogens (tertiary/aromatic N) is 4. The first-order valence-corrected chi connectivity index (χ1v) is 10.4. The van der Waals surface area contributed by atoms with Crippen LogP contribution in [0.3, 0.4) is 0 Å². The Labute approximate surface area is 159 Å². The third-order valence-corrected chi connectivity index (χ3v) is 6.63. The SMILES string of the molecule is CCS(=O)(=O)c1cc(C(F)(F)F)cnc1-c1nc2cc(C3CC3)ncc2n1C. The Balaban J connectivity index is 1.94. The summed E-state index contributed by atoms with van der Waals surface area (Å²) >= 11 is 0. The van der Waals surface area contributed by atoms with Crippen LogP contribution in [0.25, 0.3) is 22.6 Å². The van der Waals surface area contributed by atoms with Gasteiger partial charge in [-0.2, -0.15) is 13.2 Å². The maximum absolute atomic E-state index is 13.1. The van der Waals surface area contributed by atoms with Crippen LogP contribution in [-0.4, -0.2) is 33.7 Å². The molecule has 1 aliphatic rings. The van der Waals surface area contributed by atoms with Gasteiger partial charge in [-0.1, -0.05) is 6.92 Å². The molecule has 0 unspecified atom stereocenters. The molecule has 0 atom stereocenters. The lowest BCUT2D eigenvalue weighted by Crippen LogP contribution is -2.13. The second-order valence-electron chi connectivity index (χ2n) is 6.84. The molecule has 3 heterocycles. The van der Waals surface area contributed by atoms with E-state index in [9.17, 15) is 21.6 Å². The summed E-state index contributed by atoms with van der Waals surface area (Å²) in [5.41, 5.74) is 0.970. The fourth-order valence-electron chi connectivity index (χ4n) is 3.08. The molecule has 148 valence electrons. The molecule has 1 aliphatic carbocycles. The van der Waals surface area contributed by atoms with Crippen molar-refractivity contribution in [3.05, 3.63) is 35.8 Å². The Morgan fingerprint density at radius 2 is 1.89 bits per heavy atom. The monoisotopic (exact) mass is 410 g/mol. The highest BCUT2D eigenvalue weighted by atomic mass is 32.2. The number of imidazole rings is 1. The topological polar surface area (TPSA) is 77.7 Å². The van der Waals surface area contributed by atoms with Gasteiger partial charge >= 0.3 is 6.18 Å². The van der Waals surface area contributed by atoms with Crippen LogP contribution in [0.15, 0.2) is 29.4 Å². The molecule has 10 heteroatoms. The predicted molar refractivity (Wildman–Crippen MR) is 96.4 cm³/mol. The van der Waals surface area contributed by atoms with Crippen molar-refractivity contribution in [1.82, 2.24) is 19.5 Å². The Morgan fingerprint density at radius 1 is 1.18 bits per heavy atom. The third kappa shape index (κ3) is 3.15. The number of rotatable bonds is 4. The predicted octanol–water partition coefficient (Wildman–Crippen LogP) is 3.72. The molecule has 0 spiro atoms. The number of pyridine rings is 2. The molecule has 0 aliphatic heterocycles. The molecule has 0 N–H and O–H groups in total. The molecule has 0 bridgehead atoms. The molecular formula is C18H17F3N4O2S. The van der Waals surface area contributed by atoms with Gasteiger partial charge in [0, 0.05) is 24.9 Å². The lowest BCUT2D eigenvalue weighted by atomic mass is 10.2. The van der Waals surface area contributed by atoms with Crippen LogP contribution in [0, 0.1) is 0 Å². The summed E-state index contributed by atoms with van der Waals surface area (Å²) in [6, 6.07) is 2.48. The maximum Gasteiger partial charge on any atom is 0.417 e. The first-order valence-electron chi connectivity index (χ1n) is 8.74. The summed E-state index contributed by atoms with van der Waals surface area (Å²) in [5.74, 6) is 0.251. The summed E-state index contributed by atoms with van der Waals surface area (Å²) in [7, 11) is -2.30. The van der Waals surface area contributed by atoms with Crippen LogP contribution in [-0.2, 0) is 23.1 Å². The minimum absolute atomic E-state index is 0.0958.